The zero-order chi connectivity index (χ0) is 15.7. The van der Waals surface area contributed by atoms with E-state index in [1.54, 1.807) is 0 Å². The Labute approximate surface area is 140 Å². The summed E-state index contributed by atoms with van der Waals surface area (Å²) < 4.78 is 0. The predicted molar refractivity (Wildman–Crippen MR) is 95.0 cm³/mol. The molecule has 2 nitrogen and oxygen atoms in total. The molecule has 0 saturated heterocycles. The van der Waals surface area contributed by atoms with Crippen molar-refractivity contribution in [3.8, 4) is 0 Å². The molecule has 3 N–H and O–H groups in total. The van der Waals surface area contributed by atoms with Crippen LogP contribution in [-0.2, 0) is 6.42 Å². The number of hydrogen-bond donors (Lipinski definition) is 2. The Balaban J connectivity index is 2.05. The lowest BCUT2D eigenvalue weighted by molar-refractivity contribution is 0.695. The number of rotatable bonds is 4. The second-order valence-electron chi connectivity index (χ2n) is 5.55. The van der Waals surface area contributed by atoms with E-state index < -0.39 is 0 Å². The second-order valence-corrected chi connectivity index (χ2v) is 6.36. The maximum absolute atomic E-state index is 6.32. The van der Waals surface area contributed by atoms with Gasteiger partial charge in [-0.1, -0.05) is 47.5 Å². The summed E-state index contributed by atoms with van der Waals surface area (Å²) in [5, 5.41) is 2.62. The van der Waals surface area contributed by atoms with E-state index in [0.29, 0.717) is 16.6 Å². The lowest BCUT2D eigenvalue weighted by atomic mass is 9.90. The number of nitrogens with two attached hydrogens (primary N) is 1. The number of fused-ring (bicyclic) bond motifs is 1. The fourth-order valence-corrected chi connectivity index (χ4v) is 3.65. The number of halogens is 2. The lowest BCUT2D eigenvalue weighted by Crippen LogP contribution is -2.16. The van der Waals surface area contributed by atoms with Crippen LogP contribution in [0, 0.1) is 6.92 Å². The zero-order valence-electron chi connectivity index (χ0n) is 12.4. The molecule has 0 aliphatic carbocycles. The summed E-state index contributed by atoms with van der Waals surface area (Å²) in [5.74, 6) is 0.175. The number of para-hydroxylation sites is 1. The molecule has 0 aliphatic rings. The number of H-pyrrole nitrogens is 1. The smallest absolute Gasteiger partial charge is 0.0458 e. The molecule has 1 heterocycles. The van der Waals surface area contributed by atoms with Gasteiger partial charge in [0.2, 0.25) is 0 Å². The van der Waals surface area contributed by atoms with Crippen molar-refractivity contribution < 1.29 is 0 Å². The topological polar surface area (TPSA) is 41.8 Å². The average Bonchev–Trinajstić information content (AvgIpc) is 2.83. The van der Waals surface area contributed by atoms with Gasteiger partial charge in [0.25, 0.3) is 0 Å². The van der Waals surface area contributed by atoms with Gasteiger partial charge < -0.3 is 10.7 Å². The Morgan fingerprint density at radius 3 is 2.41 bits per heavy atom. The molecule has 0 aliphatic heterocycles. The molecular formula is C18H18Cl2N2. The van der Waals surface area contributed by atoms with Gasteiger partial charge in [0, 0.05) is 32.6 Å². The van der Waals surface area contributed by atoms with Gasteiger partial charge >= 0.3 is 0 Å². The van der Waals surface area contributed by atoms with Gasteiger partial charge in [-0.2, -0.15) is 0 Å². The van der Waals surface area contributed by atoms with Crippen LogP contribution in [0.2, 0.25) is 10.0 Å². The van der Waals surface area contributed by atoms with E-state index in [2.05, 4.69) is 30.1 Å². The molecule has 22 heavy (non-hydrogen) atoms. The highest BCUT2D eigenvalue weighted by molar-refractivity contribution is 6.36. The molecule has 0 spiro atoms. The molecule has 0 fully saturated rings. The Bertz CT molecular complexity index is 788. The minimum Gasteiger partial charge on any atom is -0.358 e. The molecule has 4 heteroatoms. The molecule has 0 amide bonds. The van der Waals surface area contributed by atoms with E-state index in [1.807, 2.05) is 24.3 Å². The van der Waals surface area contributed by atoms with Crippen LogP contribution in [0.15, 0.2) is 42.5 Å². The quantitative estimate of drug-likeness (QED) is 0.688. The van der Waals surface area contributed by atoms with Crippen molar-refractivity contribution in [2.24, 2.45) is 5.73 Å². The van der Waals surface area contributed by atoms with E-state index in [-0.39, 0.29) is 5.92 Å². The van der Waals surface area contributed by atoms with Crippen LogP contribution in [0.3, 0.4) is 0 Å². The van der Waals surface area contributed by atoms with Crippen LogP contribution in [-0.4, -0.2) is 11.5 Å². The van der Waals surface area contributed by atoms with Gasteiger partial charge in [0.15, 0.2) is 0 Å². The molecule has 3 rings (SSSR count). The molecule has 114 valence electrons. The Kier molecular flexibility index (Phi) is 4.44. The minimum atomic E-state index is 0.175. The number of nitrogens with one attached hydrogen (secondary N) is 1. The number of hydrogen-bond acceptors (Lipinski definition) is 1. The summed E-state index contributed by atoms with van der Waals surface area (Å²) in [6.45, 7) is 2.64. The Morgan fingerprint density at radius 1 is 1.05 bits per heavy atom. The molecule has 1 atom stereocenters. The molecule has 0 bridgehead atoms. The third-order valence-corrected chi connectivity index (χ3v) is 4.86. The first-order valence-corrected chi connectivity index (χ1v) is 8.07. The summed E-state index contributed by atoms with van der Waals surface area (Å²) >= 11 is 12.6. The SMILES string of the molecule is Cc1[nH]c2ccccc2c1C(CN)Cc1c(Cl)cccc1Cl. The van der Waals surface area contributed by atoms with Crippen molar-refractivity contribution in [2.45, 2.75) is 19.3 Å². The van der Waals surface area contributed by atoms with Gasteiger partial charge in [0.05, 0.1) is 0 Å². The molecule has 0 radical (unpaired) electrons. The highest BCUT2D eigenvalue weighted by Crippen LogP contribution is 2.34. The summed E-state index contributed by atoms with van der Waals surface area (Å²) in [5.41, 5.74) is 10.6. The molecule has 3 aromatic rings. The van der Waals surface area contributed by atoms with E-state index in [1.165, 1.54) is 10.9 Å². The van der Waals surface area contributed by atoms with Gasteiger partial charge in [-0.15, -0.1) is 0 Å². The third-order valence-electron chi connectivity index (χ3n) is 4.15. The monoisotopic (exact) mass is 332 g/mol. The van der Waals surface area contributed by atoms with Crippen molar-refractivity contribution >= 4 is 34.1 Å². The van der Waals surface area contributed by atoms with E-state index in [4.69, 9.17) is 28.9 Å². The van der Waals surface area contributed by atoms with Crippen LogP contribution in [0.25, 0.3) is 10.9 Å². The van der Waals surface area contributed by atoms with Crippen molar-refractivity contribution in [1.29, 1.82) is 0 Å². The number of benzene rings is 2. The summed E-state index contributed by atoms with van der Waals surface area (Å²) in [6, 6.07) is 13.9. The highest BCUT2D eigenvalue weighted by atomic mass is 35.5. The molecule has 2 aromatic carbocycles. The number of aromatic nitrogens is 1. The third kappa shape index (κ3) is 2.74. The second kappa shape index (κ2) is 6.33. The zero-order valence-corrected chi connectivity index (χ0v) is 13.9. The van der Waals surface area contributed by atoms with Gasteiger partial charge in [-0.25, -0.2) is 0 Å². The van der Waals surface area contributed by atoms with Gasteiger partial charge in [-0.3, -0.25) is 0 Å². The van der Waals surface area contributed by atoms with Crippen molar-refractivity contribution in [2.75, 3.05) is 6.54 Å². The van der Waals surface area contributed by atoms with E-state index >= 15 is 0 Å². The fourth-order valence-electron chi connectivity index (χ4n) is 3.10. The normalized spacial score (nSPS) is 12.7. The average molecular weight is 333 g/mol. The molecule has 1 aromatic heterocycles. The van der Waals surface area contributed by atoms with Crippen LogP contribution in [0.4, 0.5) is 0 Å². The molecule has 0 saturated carbocycles. The van der Waals surface area contributed by atoms with Crippen LogP contribution < -0.4 is 5.73 Å². The predicted octanol–water partition coefficient (Wildman–Crippen LogP) is 5.07. The minimum absolute atomic E-state index is 0.175. The Morgan fingerprint density at radius 2 is 1.73 bits per heavy atom. The largest absolute Gasteiger partial charge is 0.358 e. The first-order valence-electron chi connectivity index (χ1n) is 7.32. The summed E-state index contributed by atoms with van der Waals surface area (Å²) in [6.07, 6.45) is 0.734. The number of aryl methyl sites for hydroxylation is 1. The van der Waals surface area contributed by atoms with Crippen molar-refractivity contribution in [1.82, 2.24) is 4.98 Å². The fraction of sp³-hybridized carbons (Fsp3) is 0.222. The van der Waals surface area contributed by atoms with Crippen LogP contribution in [0.5, 0.6) is 0 Å². The van der Waals surface area contributed by atoms with Gasteiger partial charge in [0.1, 0.15) is 0 Å². The summed E-state index contributed by atoms with van der Waals surface area (Å²) in [4.78, 5) is 3.44. The first kappa shape index (κ1) is 15.4. The van der Waals surface area contributed by atoms with E-state index in [0.717, 1.165) is 23.2 Å². The highest BCUT2D eigenvalue weighted by Gasteiger charge is 2.20. The maximum Gasteiger partial charge on any atom is 0.0458 e. The molecular weight excluding hydrogens is 315 g/mol. The lowest BCUT2D eigenvalue weighted by Gasteiger charge is -2.17. The maximum atomic E-state index is 6.32. The summed E-state index contributed by atoms with van der Waals surface area (Å²) in [7, 11) is 0. The Hall–Kier alpha value is -1.48. The van der Waals surface area contributed by atoms with Crippen LogP contribution in [0.1, 0.15) is 22.7 Å². The van der Waals surface area contributed by atoms with Crippen LogP contribution >= 0.6 is 23.2 Å². The van der Waals surface area contributed by atoms with E-state index in [9.17, 15) is 0 Å². The van der Waals surface area contributed by atoms with Crippen molar-refractivity contribution in [3.63, 3.8) is 0 Å². The standard InChI is InChI=1S/C18H18Cl2N2/c1-11-18(13-5-2-3-8-17(13)22-11)12(10-21)9-14-15(19)6-4-7-16(14)20/h2-8,12,22H,9-10,21H2,1H3. The van der Waals surface area contributed by atoms with Gasteiger partial charge in [-0.05, 0) is 49.2 Å². The molecule has 1 unspecified atom stereocenters. The number of aromatic amines is 1. The first-order chi connectivity index (χ1) is 10.6. The van der Waals surface area contributed by atoms with Crippen molar-refractivity contribution in [3.05, 3.63) is 69.3 Å².